The zero-order valence-corrected chi connectivity index (χ0v) is 11.6. The van der Waals surface area contributed by atoms with Crippen LogP contribution in [-0.2, 0) is 6.18 Å². The summed E-state index contributed by atoms with van der Waals surface area (Å²) in [6, 6.07) is 4.54. The number of hydrogen-bond donors (Lipinski definition) is 1. The van der Waals surface area contributed by atoms with Crippen molar-refractivity contribution in [3.8, 4) is 0 Å². The zero-order chi connectivity index (χ0) is 14.2. The third kappa shape index (κ3) is 2.95. The Hall–Kier alpha value is -1.41. The van der Waals surface area contributed by atoms with Gasteiger partial charge in [-0.1, -0.05) is 15.9 Å². The Bertz CT molecular complexity index is 639. The van der Waals surface area contributed by atoms with Gasteiger partial charge in [-0.05, 0) is 18.2 Å². The first-order valence-corrected chi connectivity index (χ1v) is 6.52. The van der Waals surface area contributed by atoms with Crippen LogP contribution in [0.5, 0.6) is 0 Å². The first-order valence-electron chi connectivity index (χ1n) is 4.92. The number of aromatic nitrogens is 1. The molecule has 8 heteroatoms. The maximum absolute atomic E-state index is 12.4. The van der Waals surface area contributed by atoms with Gasteiger partial charge in [-0.2, -0.15) is 13.2 Å². The lowest BCUT2D eigenvalue weighted by Gasteiger charge is -2.03. The molecule has 2 rings (SSSR count). The lowest BCUT2D eigenvalue weighted by molar-refractivity contribution is -0.137. The predicted octanol–water partition coefficient (Wildman–Crippen LogP) is 3.74. The van der Waals surface area contributed by atoms with Crippen LogP contribution in [-0.4, -0.2) is 10.8 Å². The Kier molecular flexibility index (Phi) is 3.64. The molecule has 0 atom stereocenters. The first-order chi connectivity index (χ1) is 8.79. The van der Waals surface area contributed by atoms with Crippen molar-refractivity contribution in [1.29, 1.82) is 0 Å². The van der Waals surface area contributed by atoms with Crippen LogP contribution in [0.1, 0.15) is 20.2 Å². The van der Waals surface area contributed by atoms with E-state index in [2.05, 4.69) is 20.9 Å². The number of nitrogens with zero attached hydrogens (tertiary/aromatic N) is 1. The summed E-state index contributed by atoms with van der Waals surface area (Å²) in [5, 5.41) is -1.05. The minimum atomic E-state index is -4.55. The van der Waals surface area contributed by atoms with E-state index in [1.54, 1.807) is 12.1 Å². The Morgan fingerprint density at radius 2 is 2.05 bits per heavy atom. The number of halogens is 4. The van der Waals surface area contributed by atoms with E-state index in [0.29, 0.717) is 21.5 Å². The van der Waals surface area contributed by atoms with Crippen molar-refractivity contribution in [3.05, 3.63) is 44.3 Å². The molecule has 0 amide bonds. The van der Waals surface area contributed by atoms with Crippen LogP contribution in [0, 0.1) is 0 Å². The van der Waals surface area contributed by atoms with E-state index in [1.165, 1.54) is 6.07 Å². The van der Waals surface area contributed by atoms with E-state index < -0.39 is 17.0 Å². The molecule has 0 aliphatic heterocycles. The maximum Gasteiger partial charge on any atom is 0.443 e. The second kappa shape index (κ2) is 4.93. The third-order valence-electron chi connectivity index (χ3n) is 2.21. The van der Waals surface area contributed by atoms with E-state index >= 15 is 0 Å². The highest BCUT2D eigenvalue weighted by molar-refractivity contribution is 9.10. The maximum atomic E-state index is 12.4. The quantitative estimate of drug-likeness (QED) is 0.663. The summed E-state index contributed by atoms with van der Waals surface area (Å²) >= 11 is 3.47. The van der Waals surface area contributed by atoms with Gasteiger partial charge in [0.2, 0.25) is 5.78 Å². The van der Waals surface area contributed by atoms with Crippen molar-refractivity contribution in [2.24, 2.45) is 0 Å². The number of nitrogen functional groups attached to an aromatic ring is 1. The van der Waals surface area contributed by atoms with Crippen molar-refractivity contribution in [2.45, 2.75) is 6.18 Å². The average molecular weight is 351 g/mol. The number of nitrogens with two attached hydrogens (primary N) is 1. The number of carbonyl (C=O) groups excluding carboxylic acids is 1. The first kappa shape index (κ1) is 14.0. The molecule has 3 nitrogen and oxygen atoms in total. The highest BCUT2D eigenvalue weighted by Gasteiger charge is 2.35. The molecule has 0 saturated heterocycles. The lowest BCUT2D eigenvalue weighted by atomic mass is 10.1. The van der Waals surface area contributed by atoms with Gasteiger partial charge in [0, 0.05) is 21.9 Å². The molecule has 0 unspecified atom stereocenters. The fourth-order valence-electron chi connectivity index (χ4n) is 1.36. The van der Waals surface area contributed by atoms with Gasteiger partial charge in [0.25, 0.3) is 0 Å². The van der Waals surface area contributed by atoms with Gasteiger partial charge in [-0.25, -0.2) is 4.98 Å². The van der Waals surface area contributed by atoms with Gasteiger partial charge in [0.1, 0.15) is 0 Å². The third-order valence-corrected chi connectivity index (χ3v) is 3.94. The van der Waals surface area contributed by atoms with Crippen molar-refractivity contribution in [2.75, 3.05) is 5.73 Å². The van der Waals surface area contributed by atoms with E-state index in [4.69, 9.17) is 5.73 Å². The Morgan fingerprint density at radius 1 is 1.37 bits per heavy atom. The molecule has 0 spiro atoms. The normalized spacial score (nSPS) is 11.6. The van der Waals surface area contributed by atoms with Crippen LogP contribution in [0.15, 0.2) is 28.9 Å². The SMILES string of the molecule is Nc1ccc(Br)c(C(=O)c2cnc(C(F)(F)F)s2)c1. The molecule has 0 aliphatic carbocycles. The van der Waals surface area contributed by atoms with E-state index in [9.17, 15) is 18.0 Å². The molecule has 0 aliphatic rings. The number of rotatable bonds is 2. The van der Waals surface area contributed by atoms with Gasteiger partial charge in [0.15, 0.2) is 5.01 Å². The van der Waals surface area contributed by atoms with Crippen molar-refractivity contribution in [1.82, 2.24) is 4.98 Å². The number of carbonyl (C=O) groups is 1. The standard InChI is InChI=1S/C11H6BrF3N2OS/c12-7-2-1-5(16)3-6(7)9(18)8-4-17-10(19-8)11(13,14)15/h1-4H,16H2. The van der Waals surface area contributed by atoms with Crippen molar-refractivity contribution in [3.63, 3.8) is 0 Å². The molecule has 0 saturated carbocycles. The van der Waals surface area contributed by atoms with Gasteiger partial charge in [-0.3, -0.25) is 4.79 Å². The van der Waals surface area contributed by atoms with Gasteiger partial charge < -0.3 is 5.73 Å². The van der Waals surface area contributed by atoms with E-state index in [-0.39, 0.29) is 10.4 Å². The molecule has 0 fully saturated rings. The van der Waals surface area contributed by atoms with Crippen LogP contribution >= 0.6 is 27.3 Å². The van der Waals surface area contributed by atoms with E-state index in [1.807, 2.05) is 0 Å². The van der Waals surface area contributed by atoms with Crippen LogP contribution < -0.4 is 5.73 Å². The van der Waals surface area contributed by atoms with Gasteiger partial charge >= 0.3 is 6.18 Å². The summed E-state index contributed by atoms with van der Waals surface area (Å²) in [6.07, 6.45) is -3.62. The topological polar surface area (TPSA) is 56.0 Å². The zero-order valence-electron chi connectivity index (χ0n) is 9.16. The van der Waals surface area contributed by atoms with Crippen LogP contribution in [0.25, 0.3) is 0 Å². The summed E-state index contributed by atoms with van der Waals surface area (Å²) in [5.74, 6) is -0.549. The van der Waals surface area contributed by atoms with Crippen LogP contribution in [0.2, 0.25) is 0 Å². The molecular weight excluding hydrogens is 345 g/mol. The minimum absolute atomic E-state index is 0.0846. The molecule has 2 aromatic rings. The Labute approximate surface area is 118 Å². The molecule has 0 radical (unpaired) electrons. The number of alkyl halides is 3. The molecule has 19 heavy (non-hydrogen) atoms. The second-order valence-electron chi connectivity index (χ2n) is 3.60. The van der Waals surface area contributed by atoms with Crippen molar-refractivity contribution < 1.29 is 18.0 Å². The number of anilines is 1. The fourth-order valence-corrected chi connectivity index (χ4v) is 2.52. The minimum Gasteiger partial charge on any atom is -0.399 e. The summed E-state index contributed by atoms with van der Waals surface area (Å²) in [7, 11) is 0. The summed E-state index contributed by atoms with van der Waals surface area (Å²) < 4.78 is 37.7. The summed E-state index contributed by atoms with van der Waals surface area (Å²) in [4.78, 5) is 15.2. The Morgan fingerprint density at radius 3 is 2.63 bits per heavy atom. The molecule has 1 heterocycles. The van der Waals surface area contributed by atoms with Crippen molar-refractivity contribution >= 4 is 38.7 Å². The Balaban J connectivity index is 2.39. The number of thiazole rings is 1. The van der Waals surface area contributed by atoms with Gasteiger partial charge in [-0.15, -0.1) is 11.3 Å². The molecule has 0 bridgehead atoms. The molecule has 1 aromatic heterocycles. The fraction of sp³-hybridized carbons (Fsp3) is 0.0909. The molecule has 2 N–H and O–H groups in total. The number of benzene rings is 1. The highest BCUT2D eigenvalue weighted by Crippen LogP contribution is 2.33. The van der Waals surface area contributed by atoms with E-state index in [0.717, 1.165) is 6.20 Å². The van der Waals surface area contributed by atoms with Gasteiger partial charge in [0.05, 0.1) is 4.88 Å². The monoisotopic (exact) mass is 350 g/mol. The summed E-state index contributed by atoms with van der Waals surface area (Å²) in [5.41, 5.74) is 6.11. The molecular formula is C11H6BrF3N2OS. The predicted molar refractivity (Wildman–Crippen MR) is 69.1 cm³/mol. The average Bonchev–Trinajstić information content (AvgIpc) is 2.80. The van der Waals surface area contributed by atoms with Crippen LogP contribution in [0.3, 0.4) is 0 Å². The molecule has 100 valence electrons. The lowest BCUT2D eigenvalue weighted by Crippen LogP contribution is -2.03. The number of hydrogen-bond acceptors (Lipinski definition) is 4. The highest BCUT2D eigenvalue weighted by atomic mass is 79.9. The van der Waals surface area contributed by atoms with Crippen LogP contribution in [0.4, 0.5) is 18.9 Å². The second-order valence-corrected chi connectivity index (χ2v) is 5.48. The smallest absolute Gasteiger partial charge is 0.399 e. The summed E-state index contributed by atoms with van der Waals surface area (Å²) in [6.45, 7) is 0. The number of ketones is 1. The molecule has 1 aromatic carbocycles. The largest absolute Gasteiger partial charge is 0.443 e.